The molecule has 1 amide bonds. The third-order valence-electron chi connectivity index (χ3n) is 2.49. The van der Waals surface area contributed by atoms with Gasteiger partial charge in [0, 0.05) is 19.5 Å². The van der Waals surface area contributed by atoms with E-state index in [1.165, 1.54) is 0 Å². The Morgan fingerprint density at radius 2 is 2.31 bits per heavy atom. The summed E-state index contributed by atoms with van der Waals surface area (Å²) in [4.78, 5) is 13.3. The second kappa shape index (κ2) is 4.09. The lowest BCUT2D eigenvalue weighted by atomic mass is 9.95. The molecule has 1 aliphatic heterocycles. The molecule has 0 saturated carbocycles. The molecule has 1 N–H and O–H groups in total. The van der Waals surface area contributed by atoms with E-state index in [2.05, 4.69) is 0 Å². The quantitative estimate of drug-likeness (QED) is 0.701. The molecule has 0 aliphatic carbocycles. The maximum Gasteiger partial charge on any atom is 0.222 e. The number of likely N-dealkylation sites (tertiary alicyclic amines) is 1. The summed E-state index contributed by atoms with van der Waals surface area (Å²) in [7, 11) is 0. The van der Waals surface area contributed by atoms with Crippen molar-refractivity contribution in [2.45, 2.75) is 45.1 Å². The largest absolute Gasteiger partial charge is 0.388 e. The smallest absolute Gasteiger partial charge is 0.222 e. The van der Waals surface area contributed by atoms with Gasteiger partial charge >= 0.3 is 0 Å². The molecule has 1 unspecified atom stereocenters. The van der Waals surface area contributed by atoms with Gasteiger partial charge in [0.15, 0.2) is 0 Å². The number of hydrogen-bond donors (Lipinski definition) is 1. The number of hydrogen-bond acceptors (Lipinski definition) is 2. The van der Waals surface area contributed by atoms with Crippen LogP contribution >= 0.6 is 0 Å². The maximum absolute atomic E-state index is 11.5. The summed E-state index contributed by atoms with van der Waals surface area (Å²) in [5.74, 6) is 0.183. The van der Waals surface area contributed by atoms with Crippen LogP contribution in [0.2, 0.25) is 0 Å². The molecule has 0 radical (unpaired) electrons. The van der Waals surface area contributed by atoms with E-state index in [-0.39, 0.29) is 5.91 Å². The Morgan fingerprint density at radius 3 is 2.85 bits per heavy atom. The molecule has 1 atom stereocenters. The SMILES string of the molecule is CCCC(=O)N1CCCC(C)(O)C1. The number of aliphatic hydroxyl groups is 1. The van der Waals surface area contributed by atoms with Crippen LogP contribution in [0.5, 0.6) is 0 Å². The summed E-state index contributed by atoms with van der Waals surface area (Å²) in [6.07, 6.45) is 3.22. The summed E-state index contributed by atoms with van der Waals surface area (Å²) in [6, 6.07) is 0. The van der Waals surface area contributed by atoms with E-state index in [1.54, 1.807) is 11.8 Å². The fourth-order valence-electron chi connectivity index (χ4n) is 1.80. The van der Waals surface area contributed by atoms with Crippen molar-refractivity contribution in [3.8, 4) is 0 Å². The van der Waals surface area contributed by atoms with Crippen molar-refractivity contribution in [3.63, 3.8) is 0 Å². The molecule has 1 saturated heterocycles. The van der Waals surface area contributed by atoms with Gasteiger partial charge in [-0.2, -0.15) is 0 Å². The number of β-amino-alcohol motifs (C(OH)–C–C–N with tert-alkyl or cyclic N) is 1. The van der Waals surface area contributed by atoms with Crippen LogP contribution in [0.25, 0.3) is 0 Å². The van der Waals surface area contributed by atoms with Crippen LogP contribution in [0, 0.1) is 0 Å². The lowest BCUT2D eigenvalue weighted by Gasteiger charge is -2.36. The number of piperidine rings is 1. The highest BCUT2D eigenvalue weighted by Gasteiger charge is 2.30. The van der Waals surface area contributed by atoms with Crippen LogP contribution in [0.4, 0.5) is 0 Å². The monoisotopic (exact) mass is 185 g/mol. The van der Waals surface area contributed by atoms with Crippen molar-refractivity contribution < 1.29 is 9.90 Å². The molecular weight excluding hydrogens is 166 g/mol. The van der Waals surface area contributed by atoms with Crippen LogP contribution in [0.3, 0.4) is 0 Å². The van der Waals surface area contributed by atoms with Crippen molar-refractivity contribution in [2.75, 3.05) is 13.1 Å². The normalized spacial score (nSPS) is 29.0. The van der Waals surface area contributed by atoms with Gasteiger partial charge in [-0.1, -0.05) is 6.92 Å². The van der Waals surface area contributed by atoms with E-state index in [4.69, 9.17) is 0 Å². The fourth-order valence-corrected chi connectivity index (χ4v) is 1.80. The van der Waals surface area contributed by atoms with Gasteiger partial charge in [0.05, 0.1) is 5.60 Å². The van der Waals surface area contributed by atoms with Crippen molar-refractivity contribution in [1.82, 2.24) is 4.90 Å². The number of amides is 1. The maximum atomic E-state index is 11.5. The number of carbonyl (C=O) groups is 1. The summed E-state index contributed by atoms with van der Waals surface area (Å²) in [6.45, 7) is 5.12. The Labute approximate surface area is 79.7 Å². The second-order valence-electron chi connectivity index (χ2n) is 4.17. The molecule has 1 fully saturated rings. The van der Waals surface area contributed by atoms with Gasteiger partial charge in [0.25, 0.3) is 0 Å². The third-order valence-corrected chi connectivity index (χ3v) is 2.49. The van der Waals surface area contributed by atoms with Gasteiger partial charge in [0.1, 0.15) is 0 Å². The van der Waals surface area contributed by atoms with Gasteiger partial charge in [-0.3, -0.25) is 4.79 Å². The highest BCUT2D eigenvalue weighted by Crippen LogP contribution is 2.20. The molecule has 0 bridgehead atoms. The first-order chi connectivity index (χ1) is 6.05. The van der Waals surface area contributed by atoms with Crippen molar-refractivity contribution in [3.05, 3.63) is 0 Å². The minimum Gasteiger partial charge on any atom is -0.388 e. The van der Waals surface area contributed by atoms with Crippen LogP contribution in [0.15, 0.2) is 0 Å². The van der Waals surface area contributed by atoms with Crippen LogP contribution < -0.4 is 0 Å². The molecule has 0 aromatic carbocycles. The molecule has 13 heavy (non-hydrogen) atoms. The first-order valence-corrected chi connectivity index (χ1v) is 5.05. The van der Waals surface area contributed by atoms with E-state index in [1.807, 2.05) is 6.92 Å². The minimum atomic E-state index is -0.665. The zero-order valence-corrected chi connectivity index (χ0v) is 8.55. The topological polar surface area (TPSA) is 40.5 Å². The van der Waals surface area contributed by atoms with Gasteiger partial charge in [0.2, 0.25) is 5.91 Å². The Balaban J connectivity index is 2.47. The van der Waals surface area contributed by atoms with Crippen molar-refractivity contribution >= 4 is 5.91 Å². The fraction of sp³-hybridized carbons (Fsp3) is 0.900. The molecule has 0 aromatic heterocycles. The summed E-state index contributed by atoms with van der Waals surface area (Å²) in [5, 5.41) is 9.77. The predicted molar refractivity (Wildman–Crippen MR) is 51.3 cm³/mol. The Morgan fingerprint density at radius 1 is 1.62 bits per heavy atom. The van der Waals surface area contributed by atoms with Crippen LogP contribution in [-0.4, -0.2) is 34.6 Å². The highest BCUT2D eigenvalue weighted by molar-refractivity contribution is 5.76. The Kier molecular flexibility index (Phi) is 3.31. The summed E-state index contributed by atoms with van der Waals surface area (Å²) < 4.78 is 0. The molecule has 0 aromatic rings. The molecular formula is C10H19NO2. The number of rotatable bonds is 2. The molecule has 3 heteroatoms. The van der Waals surface area contributed by atoms with Crippen LogP contribution in [-0.2, 0) is 4.79 Å². The average molecular weight is 185 g/mol. The average Bonchev–Trinajstić information content (AvgIpc) is 2.03. The lowest BCUT2D eigenvalue weighted by molar-refractivity contribution is -0.137. The lowest BCUT2D eigenvalue weighted by Crippen LogP contribution is -2.48. The van der Waals surface area contributed by atoms with Crippen molar-refractivity contribution in [1.29, 1.82) is 0 Å². The second-order valence-corrected chi connectivity index (χ2v) is 4.17. The first-order valence-electron chi connectivity index (χ1n) is 5.05. The minimum absolute atomic E-state index is 0.183. The predicted octanol–water partition coefficient (Wildman–Crippen LogP) is 1.16. The molecule has 1 aliphatic rings. The number of nitrogens with zero attached hydrogens (tertiary/aromatic N) is 1. The third kappa shape index (κ3) is 2.99. The molecule has 3 nitrogen and oxygen atoms in total. The molecule has 1 heterocycles. The Bertz CT molecular complexity index is 189. The van der Waals surface area contributed by atoms with E-state index in [0.717, 1.165) is 25.8 Å². The molecule has 76 valence electrons. The van der Waals surface area contributed by atoms with E-state index in [0.29, 0.717) is 13.0 Å². The summed E-state index contributed by atoms with van der Waals surface area (Å²) >= 11 is 0. The highest BCUT2D eigenvalue weighted by atomic mass is 16.3. The van der Waals surface area contributed by atoms with Crippen LogP contribution in [0.1, 0.15) is 39.5 Å². The van der Waals surface area contributed by atoms with Gasteiger partial charge in [-0.05, 0) is 26.2 Å². The van der Waals surface area contributed by atoms with Crippen molar-refractivity contribution in [2.24, 2.45) is 0 Å². The number of carbonyl (C=O) groups excluding carboxylic acids is 1. The van der Waals surface area contributed by atoms with E-state index in [9.17, 15) is 9.90 Å². The standard InChI is InChI=1S/C10H19NO2/c1-3-5-9(12)11-7-4-6-10(2,13)8-11/h13H,3-8H2,1-2H3. The molecule has 1 rings (SSSR count). The summed E-state index contributed by atoms with van der Waals surface area (Å²) in [5.41, 5.74) is -0.665. The van der Waals surface area contributed by atoms with E-state index >= 15 is 0 Å². The van der Waals surface area contributed by atoms with Gasteiger partial charge in [-0.25, -0.2) is 0 Å². The van der Waals surface area contributed by atoms with E-state index < -0.39 is 5.60 Å². The zero-order chi connectivity index (χ0) is 9.90. The Hall–Kier alpha value is -0.570. The van der Waals surface area contributed by atoms with Gasteiger partial charge in [-0.15, -0.1) is 0 Å². The first kappa shape index (κ1) is 10.5. The molecule has 0 spiro atoms. The zero-order valence-electron chi connectivity index (χ0n) is 8.55. The van der Waals surface area contributed by atoms with Gasteiger partial charge < -0.3 is 10.0 Å².